The van der Waals surface area contributed by atoms with Crippen LogP contribution in [0.15, 0.2) is 82.1 Å². The molecule has 0 atom stereocenters. The van der Waals surface area contributed by atoms with Crippen molar-refractivity contribution in [3.8, 4) is 5.75 Å². The summed E-state index contributed by atoms with van der Waals surface area (Å²) in [6.45, 7) is 0.174. The van der Waals surface area contributed by atoms with Gasteiger partial charge in [0.05, 0.1) is 24.9 Å². The van der Waals surface area contributed by atoms with E-state index in [1.807, 2.05) is 0 Å². The van der Waals surface area contributed by atoms with E-state index in [1.54, 1.807) is 36.5 Å². The van der Waals surface area contributed by atoms with Crippen LogP contribution in [-0.4, -0.2) is 23.5 Å². The molecule has 0 unspecified atom stereocenters. The number of nitrogens with one attached hydrogen (secondary N) is 2. The molecule has 0 radical (unpaired) electrons. The molecule has 0 spiro atoms. The van der Waals surface area contributed by atoms with Gasteiger partial charge in [0.1, 0.15) is 17.3 Å². The zero-order chi connectivity index (χ0) is 24.9. The van der Waals surface area contributed by atoms with Crippen LogP contribution in [0.2, 0.25) is 5.02 Å². The zero-order valence-corrected chi connectivity index (χ0v) is 19.1. The Morgan fingerprint density at radius 1 is 1.03 bits per heavy atom. The first-order valence-electron chi connectivity index (χ1n) is 10.3. The van der Waals surface area contributed by atoms with E-state index >= 15 is 0 Å². The van der Waals surface area contributed by atoms with E-state index in [0.29, 0.717) is 17.2 Å². The second kappa shape index (κ2) is 10.3. The fraction of sp³-hybridized carbons (Fsp3) is 0.0800. The topological polar surface area (TPSA) is 103 Å². The summed E-state index contributed by atoms with van der Waals surface area (Å²) in [5, 5.41) is 5.41. The molecular weight excluding hydrogens is 477 g/mol. The van der Waals surface area contributed by atoms with Gasteiger partial charge in [-0.2, -0.15) is 0 Å². The molecule has 0 aliphatic carbocycles. The minimum absolute atomic E-state index is 0.0358. The third-order valence-corrected chi connectivity index (χ3v) is 5.23. The Labute approximate surface area is 203 Å². The molecule has 0 bridgehead atoms. The predicted octanol–water partition coefficient (Wildman–Crippen LogP) is 4.80. The monoisotopic (exact) mass is 495 g/mol. The number of amides is 2. The van der Waals surface area contributed by atoms with Gasteiger partial charge in [-0.15, -0.1) is 0 Å². The van der Waals surface area contributed by atoms with Crippen LogP contribution in [0.1, 0.15) is 26.7 Å². The van der Waals surface area contributed by atoms with Crippen molar-refractivity contribution in [1.82, 2.24) is 4.57 Å². The highest BCUT2D eigenvalue weighted by Gasteiger charge is 2.17. The van der Waals surface area contributed by atoms with Gasteiger partial charge >= 0.3 is 0 Å². The zero-order valence-electron chi connectivity index (χ0n) is 18.4. The van der Waals surface area contributed by atoms with Crippen LogP contribution in [0.25, 0.3) is 0 Å². The summed E-state index contributed by atoms with van der Waals surface area (Å²) in [7, 11) is 1.41. The quantitative estimate of drug-likeness (QED) is 0.383. The summed E-state index contributed by atoms with van der Waals surface area (Å²) < 4.78 is 26.4. The van der Waals surface area contributed by atoms with E-state index in [0.717, 1.165) is 6.07 Å². The number of aromatic nitrogens is 1. The molecule has 4 aromatic rings. The third kappa shape index (κ3) is 5.59. The Balaban J connectivity index is 1.49. The molecule has 178 valence electrons. The number of hydrogen-bond acceptors (Lipinski definition) is 5. The maximum absolute atomic E-state index is 14.1. The van der Waals surface area contributed by atoms with Crippen LogP contribution in [0.5, 0.6) is 5.75 Å². The molecule has 0 aliphatic rings. The largest absolute Gasteiger partial charge is 0.495 e. The second-order valence-electron chi connectivity index (χ2n) is 7.38. The van der Waals surface area contributed by atoms with Crippen LogP contribution in [0.4, 0.5) is 15.8 Å². The molecule has 0 fully saturated rings. The van der Waals surface area contributed by atoms with E-state index in [4.69, 9.17) is 20.8 Å². The molecule has 2 amide bonds. The minimum Gasteiger partial charge on any atom is -0.495 e. The van der Waals surface area contributed by atoms with Gasteiger partial charge < -0.3 is 24.4 Å². The van der Waals surface area contributed by atoms with Gasteiger partial charge in [-0.05, 0) is 54.6 Å². The molecule has 35 heavy (non-hydrogen) atoms. The Morgan fingerprint density at radius 2 is 1.86 bits per heavy atom. The minimum atomic E-state index is -0.773. The third-order valence-electron chi connectivity index (χ3n) is 4.99. The summed E-state index contributed by atoms with van der Waals surface area (Å²) in [4.78, 5) is 37.1. The van der Waals surface area contributed by atoms with Crippen LogP contribution >= 0.6 is 11.6 Å². The highest BCUT2D eigenvalue weighted by Crippen LogP contribution is 2.29. The lowest BCUT2D eigenvalue weighted by Gasteiger charge is -2.13. The average Bonchev–Trinajstić information content (AvgIpc) is 3.29. The maximum Gasteiger partial charge on any atom is 0.291 e. The molecule has 2 aromatic carbocycles. The fourth-order valence-electron chi connectivity index (χ4n) is 3.28. The van der Waals surface area contributed by atoms with E-state index in [2.05, 4.69) is 10.6 Å². The van der Waals surface area contributed by atoms with E-state index in [1.165, 1.54) is 42.0 Å². The number of methoxy groups -OCH3 is 1. The van der Waals surface area contributed by atoms with Crippen LogP contribution < -0.4 is 20.9 Å². The normalized spacial score (nSPS) is 10.6. The first-order chi connectivity index (χ1) is 16.8. The number of carbonyl (C=O) groups excluding carboxylic acids is 2. The average molecular weight is 496 g/mol. The number of rotatable bonds is 7. The van der Waals surface area contributed by atoms with Crippen molar-refractivity contribution in [3.63, 3.8) is 0 Å². The molecular formula is C25H19ClFN3O5. The molecule has 10 heteroatoms. The number of furan rings is 1. The van der Waals surface area contributed by atoms with Crippen molar-refractivity contribution in [2.24, 2.45) is 0 Å². The van der Waals surface area contributed by atoms with Gasteiger partial charge in [0.15, 0.2) is 5.76 Å². The fourth-order valence-corrected chi connectivity index (χ4v) is 3.44. The SMILES string of the molecule is COc1ccc(NC(=O)c2ccc(Cn3ccccc3=O)o2)cc1NC(=O)c1ccc(Cl)cc1F. The number of pyridine rings is 1. The number of benzene rings is 2. The van der Waals surface area contributed by atoms with Crippen molar-refractivity contribution in [1.29, 1.82) is 0 Å². The van der Waals surface area contributed by atoms with Gasteiger partial charge in [0, 0.05) is 23.0 Å². The van der Waals surface area contributed by atoms with Gasteiger partial charge in [-0.1, -0.05) is 17.7 Å². The molecule has 0 saturated heterocycles. The van der Waals surface area contributed by atoms with Gasteiger partial charge in [-0.25, -0.2) is 4.39 Å². The number of carbonyl (C=O) groups is 2. The van der Waals surface area contributed by atoms with Crippen molar-refractivity contribution in [3.05, 3.63) is 111 Å². The number of halogens is 2. The van der Waals surface area contributed by atoms with Crippen LogP contribution in [-0.2, 0) is 6.54 Å². The summed E-state index contributed by atoms with van der Waals surface area (Å²) >= 11 is 5.74. The lowest BCUT2D eigenvalue weighted by molar-refractivity contribution is 0.0993. The van der Waals surface area contributed by atoms with Crippen molar-refractivity contribution < 1.29 is 23.1 Å². The Morgan fingerprint density at radius 3 is 2.60 bits per heavy atom. The molecule has 2 heterocycles. The first-order valence-corrected chi connectivity index (χ1v) is 10.7. The number of anilines is 2. The van der Waals surface area contributed by atoms with Crippen molar-refractivity contribution in [2.75, 3.05) is 17.7 Å². The molecule has 2 N–H and O–H groups in total. The van der Waals surface area contributed by atoms with Crippen LogP contribution in [0.3, 0.4) is 0 Å². The molecule has 2 aromatic heterocycles. The molecule has 4 rings (SSSR count). The Kier molecular flexibility index (Phi) is 6.98. The summed E-state index contributed by atoms with van der Waals surface area (Å²) in [6, 6.07) is 16.2. The maximum atomic E-state index is 14.1. The number of ether oxygens (including phenoxy) is 1. The highest BCUT2D eigenvalue weighted by molar-refractivity contribution is 6.30. The molecule has 8 nitrogen and oxygen atoms in total. The highest BCUT2D eigenvalue weighted by atomic mass is 35.5. The van der Waals surface area contributed by atoms with Gasteiger partial charge in [0.25, 0.3) is 17.4 Å². The summed E-state index contributed by atoms with van der Waals surface area (Å²) in [6.07, 6.45) is 1.62. The lowest BCUT2D eigenvalue weighted by Crippen LogP contribution is -2.18. The first kappa shape index (κ1) is 23.8. The number of hydrogen-bond donors (Lipinski definition) is 2. The molecule has 0 aliphatic heterocycles. The van der Waals surface area contributed by atoms with Crippen molar-refractivity contribution in [2.45, 2.75) is 6.54 Å². The van der Waals surface area contributed by atoms with Gasteiger partial charge in [0.2, 0.25) is 0 Å². The standard InChI is InChI=1S/C25H19ClFN3O5/c1-34-21-9-6-16(13-20(21)29-24(32)18-8-5-15(26)12-19(18)27)28-25(33)22-10-7-17(35-22)14-30-11-3-2-4-23(30)31/h2-13H,14H2,1H3,(H,28,33)(H,29,32). The summed E-state index contributed by atoms with van der Waals surface area (Å²) in [5.74, 6) is -1.26. The Bertz CT molecular complexity index is 1460. The van der Waals surface area contributed by atoms with Gasteiger partial charge in [-0.3, -0.25) is 14.4 Å². The van der Waals surface area contributed by atoms with E-state index in [-0.39, 0.29) is 34.1 Å². The van der Waals surface area contributed by atoms with E-state index < -0.39 is 17.6 Å². The summed E-state index contributed by atoms with van der Waals surface area (Å²) in [5.41, 5.74) is 0.154. The second-order valence-corrected chi connectivity index (χ2v) is 7.82. The Hall–Kier alpha value is -4.37. The lowest BCUT2D eigenvalue weighted by atomic mass is 10.2. The van der Waals surface area contributed by atoms with E-state index in [9.17, 15) is 18.8 Å². The van der Waals surface area contributed by atoms with Crippen LogP contribution in [0, 0.1) is 5.82 Å². The molecule has 0 saturated carbocycles. The predicted molar refractivity (Wildman–Crippen MR) is 129 cm³/mol. The smallest absolute Gasteiger partial charge is 0.291 e. The number of nitrogens with zero attached hydrogens (tertiary/aromatic N) is 1. The van der Waals surface area contributed by atoms with Crippen molar-refractivity contribution >= 4 is 34.8 Å².